The van der Waals surface area contributed by atoms with Gasteiger partial charge in [-0.3, -0.25) is 9.59 Å². The van der Waals surface area contributed by atoms with Gasteiger partial charge in [0.2, 0.25) is 5.91 Å². The van der Waals surface area contributed by atoms with Crippen LogP contribution in [0.3, 0.4) is 0 Å². The largest absolute Gasteiger partial charge is 0.376 e. The van der Waals surface area contributed by atoms with Crippen LogP contribution in [0.25, 0.3) is 0 Å². The second-order valence-electron chi connectivity index (χ2n) is 6.50. The number of hydrogen-bond acceptors (Lipinski definition) is 5. The summed E-state index contributed by atoms with van der Waals surface area (Å²) in [7, 11) is 0. The van der Waals surface area contributed by atoms with Crippen LogP contribution in [0.5, 0.6) is 0 Å². The number of nitrogens with zero attached hydrogens (tertiary/aromatic N) is 1. The maximum absolute atomic E-state index is 12.3. The zero-order chi connectivity index (χ0) is 20.5. The third kappa shape index (κ3) is 6.32. The van der Waals surface area contributed by atoms with Crippen LogP contribution < -0.4 is 16.0 Å². The Morgan fingerprint density at radius 1 is 1.14 bits per heavy atom. The predicted octanol–water partition coefficient (Wildman–Crippen LogP) is 3.80. The van der Waals surface area contributed by atoms with Crippen molar-refractivity contribution in [2.75, 3.05) is 22.9 Å². The molecule has 2 amide bonds. The van der Waals surface area contributed by atoms with Gasteiger partial charge in [-0.15, -0.1) is 11.8 Å². The molecular formula is C21H24N4O2S. The summed E-state index contributed by atoms with van der Waals surface area (Å²) in [6.45, 7) is 5.81. The lowest BCUT2D eigenvalue weighted by atomic mass is 10.1. The van der Waals surface area contributed by atoms with Gasteiger partial charge >= 0.3 is 0 Å². The van der Waals surface area contributed by atoms with Gasteiger partial charge in [-0.2, -0.15) is 5.26 Å². The van der Waals surface area contributed by atoms with Crippen LogP contribution in [0, 0.1) is 18.3 Å². The summed E-state index contributed by atoms with van der Waals surface area (Å²) in [6, 6.07) is 14.9. The molecule has 0 aromatic heterocycles. The number of amides is 2. The van der Waals surface area contributed by atoms with Gasteiger partial charge in [-0.25, -0.2) is 0 Å². The Hall–Kier alpha value is -2.98. The molecular weight excluding hydrogens is 372 g/mol. The van der Waals surface area contributed by atoms with E-state index >= 15 is 0 Å². The fourth-order valence-corrected chi connectivity index (χ4v) is 3.19. The molecule has 6 nitrogen and oxygen atoms in total. The summed E-state index contributed by atoms with van der Waals surface area (Å²) >= 11 is 1.38. The number of hydrogen-bond donors (Lipinski definition) is 3. The van der Waals surface area contributed by atoms with Crippen LogP contribution in [0.1, 0.15) is 29.8 Å². The minimum Gasteiger partial charge on any atom is -0.376 e. The number of rotatable bonds is 8. The van der Waals surface area contributed by atoms with Gasteiger partial charge in [0, 0.05) is 22.2 Å². The average Bonchev–Trinajstić information content (AvgIpc) is 2.65. The van der Waals surface area contributed by atoms with E-state index in [-0.39, 0.29) is 24.4 Å². The lowest BCUT2D eigenvalue weighted by Gasteiger charge is -2.13. The van der Waals surface area contributed by atoms with Crippen molar-refractivity contribution in [2.45, 2.75) is 31.7 Å². The van der Waals surface area contributed by atoms with Crippen molar-refractivity contribution >= 4 is 35.0 Å². The minimum atomic E-state index is -0.189. The van der Waals surface area contributed by atoms with Crippen molar-refractivity contribution in [3.05, 3.63) is 53.6 Å². The molecule has 0 fully saturated rings. The van der Waals surface area contributed by atoms with Crippen LogP contribution in [-0.2, 0) is 4.79 Å². The van der Waals surface area contributed by atoms with Crippen LogP contribution in [-0.4, -0.2) is 30.2 Å². The summed E-state index contributed by atoms with van der Waals surface area (Å²) in [5.41, 5.74) is 2.95. The van der Waals surface area contributed by atoms with Crippen molar-refractivity contribution in [2.24, 2.45) is 0 Å². The Kier molecular flexibility index (Phi) is 7.90. The second kappa shape index (κ2) is 10.4. The molecule has 0 unspecified atom stereocenters. The number of aryl methyl sites for hydroxylation is 1. The molecule has 0 saturated carbocycles. The lowest BCUT2D eigenvalue weighted by molar-refractivity contribution is -0.114. The maximum Gasteiger partial charge on any atom is 0.251 e. The summed E-state index contributed by atoms with van der Waals surface area (Å²) in [6.07, 6.45) is 0. The van der Waals surface area contributed by atoms with Gasteiger partial charge < -0.3 is 16.0 Å². The number of para-hydroxylation sites is 1. The topological polar surface area (TPSA) is 94.0 Å². The number of nitrogens with one attached hydrogen (secondary N) is 3. The Balaban J connectivity index is 1.96. The van der Waals surface area contributed by atoms with E-state index in [4.69, 9.17) is 5.26 Å². The molecule has 0 spiro atoms. The third-order valence-electron chi connectivity index (χ3n) is 3.80. The lowest BCUT2D eigenvalue weighted by Crippen LogP contribution is -2.30. The first-order chi connectivity index (χ1) is 13.4. The highest BCUT2D eigenvalue weighted by Crippen LogP contribution is 2.26. The number of nitriles is 1. The molecule has 2 aromatic rings. The Morgan fingerprint density at radius 2 is 1.89 bits per heavy atom. The molecule has 0 bridgehead atoms. The number of anilines is 2. The molecule has 2 aromatic carbocycles. The van der Waals surface area contributed by atoms with E-state index in [9.17, 15) is 9.59 Å². The molecule has 0 heterocycles. The predicted molar refractivity (Wildman–Crippen MR) is 114 cm³/mol. The zero-order valence-electron chi connectivity index (χ0n) is 16.2. The highest BCUT2D eigenvalue weighted by atomic mass is 32.2. The fraction of sp³-hybridized carbons (Fsp3) is 0.286. The fourth-order valence-electron chi connectivity index (χ4n) is 2.52. The van der Waals surface area contributed by atoms with Gasteiger partial charge in [0.15, 0.2) is 0 Å². The van der Waals surface area contributed by atoms with Gasteiger partial charge in [-0.05, 0) is 56.7 Å². The Morgan fingerprint density at radius 3 is 2.57 bits per heavy atom. The number of thioether (sulfide) groups is 1. The van der Waals surface area contributed by atoms with Crippen LogP contribution >= 0.6 is 11.8 Å². The first-order valence-electron chi connectivity index (χ1n) is 8.94. The molecule has 7 heteroatoms. The standard InChI is InChI=1S/C21H24N4O2S/c1-14(2)24-21(27)16-8-9-17(15(3)12-16)23-13-20(26)25-18-6-4-5-7-19(18)28-11-10-22/h4-9,12,14,23H,11,13H2,1-3H3,(H,24,27)(H,25,26). The monoisotopic (exact) mass is 396 g/mol. The Labute approximate surface area is 169 Å². The normalized spacial score (nSPS) is 10.2. The van der Waals surface area contributed by atoms with Crippen molar-refractivity contribution in [3.63, 3.8) is 0 Å². The molecule has 0 radical (unpaired) electrons. The second-order valence-corrected chi connectivity index (χ2v) is 7.52. The highest BCUT2D eigenvalue weighted by Gasteiger charge is 2.10. The number of carbonyl (C=O) groups excluding carboxylic acids is 2. The molecule has 28 heavy (non-hydrogen) atoms. The molecule has 146 valence electrons. The molecule has 0 aliphatic rings. The molecule has 3 N–H and O–H groups in total. The van der Waals surface area contributed by atoms with Gasteiger partial charge in [0.25, 0.3) is 5.91 Å². The summed E-state index contributed by atoms with van der Waals surface area (Å²) in [4.78, 5) is 25.2. The molecule has 0 aliphatic heterocycles. The van der Waals surface area contributed by atoms with E-state index in [2.05, 4.69) is 22.0 Å². The van der Waals surface area contributed by atoms with Crippen molar-refractivity contribution in [1.82, 2.24) is 5.32 Å². The first-order valence-corrected chi connectivity index (χ1v) is 9.93. The van der Waals surface area contributed by atoms with Crippen LogP contribution in [0.15, 0.2) is 47.4 Å². The minimum absolute atomic E-state index is 0.0727. The van der Waals surface area contributed by atoms with Gasteiger partial charge in [0.1, 0.15) is 0 Å². The first kappa shape index (κ1) is 21.3. The van der Waals surface area contributed by atoms with E-state index in [1.807, 2.05) is 45.0 Å². The molecule has 2 rings (SSSR count). The maximum atomic E-state index is 12.3. The van der Waals surface area contributed by atoms with Crippen LogP contribution in [0.4, 0.5) is 11.4 Å². The van der Waals surface area contributed by atoms with Crippen molar-refractivity contribution in [3.8, 4) is 6.07 Å². The summed E-state index contributed by atoms with van der Waals surface area (Å²) < 4.78 is 0. The molecule has 0 atom stereocenters. The average molecular weight is 397 g/mol. The SMILES string of the molecule is Cc1cc(C(=O)NC(C)C)ccc1NCC(=O)Nc1ccccc1SCC#N. The molecule has 0 saturated heterocycles. The van der Waals surface area contributed by atoms with Gasteiger partial charge in [0.05, 0.1) is 24.1 Å². The van der Waals surface area contributed by atoms with E-state index in [1.54, 1.807) is 18.2 Å². The third-order valence-corrected chi connectivity index (χ3v) is 4.74. The smallest absolute Gasteiger partial charge is 0.251 e. The van der Waals surface area contributed by atoms with E-state index in [0.29, 0.717) is 17.0 Å². The van der Waals surface area contributed by atoms with E-state index in [0.717, 1.165) is 16.1 Å². The van der Waals surface area contributed by atoms with Gasteiger partial charge in [-0.1, -0.05) is 12.1 Å². The van der Waals surface area contributed by atoms with Crippen molar-refractivity contribution in [1.29, 1.82) is 5.26 Å². The number of benzene rings is 2. The highest BCUT2D eigenvalue weighted by molar-refractivity contribution is 7.99. The van der Waals surface area contributed by atoms with Crippen LogP contribution in [0.2, 0.25) is 0 Å². The van der Waals surface area contributed by atoms with Crippen molar-refractivity contribution < 1.29 is 9.59 Å². The summed E-state index contributed by atoms with van der Waals surface area (Å²) in [5.74, 6) is 0.0149. The summed E-state index contributed by atoms with van der Waals surface area (Å²) in [5, 5.41) is 17.6. The number of carbonyl (C=O) groups is 2. The van der Waals surface area contributed by atoms with E-state index < -0.39 is 0 Å². The Bertz CT molecular complexity index is 890. The molecule has 0 aliphatic carbocycles. The quantitative estimate of drug-likeness (QED) is 0.590. The zero-order valence-corrected chi connectivity index (χ0v) is 17.0. The van der Waals surface area contributed by atoms with E-state index in [1.165, 1.54) is 11.8 Å².